The van der Waals surface area contributed by atoms with E-state index in [1.165, 1.54) is 4.90 Å². The fraction of sp³-hybridized carbons (Fsp3) is 0.583. The number of fused-ring (bicyclic) bond motifs is 1. The number of hydrogen-bond acceptors (Lipinski definition) is 5. The molecule has 8 heteroatoms. The van der Waals surface area contributed by atoms with E-state index >= 15 is 0 Å². The molecule has 20 heavy (non-hydrogen) atoms. The quantitative estimate of drug-likeness (QED) is 0.812. The molecule has 0 unspecified atom stereocenters. The molecule has 0 fully saturated rings. The summed E-state index contributed by atoms with van der Waals surface area (Å²) >= 11 is 3.35. The van der Waals surface area contributed by atoms with Crippen LogP contribution in [0, 0.1) is 0 Å². The van der Waals surface area contributed by atoms with Gasteiger partial charge in [0.05, 0.1) is 13.1 Å². The number of carbonyl (C=O) groups is 1. The predicted molar refractivity (Wildman–Crippen MR) is 77.0 cm³/mol. The summed E-state index contributed by atoms with van der Waals surface area (Å²) in [6.45, 7) is 6.78. The Morgan fingerprint density at radius 2 is 2.15 bits per heavy atom. The molecular weight excluding hydrogens is 328 g/mol. The van der Waals surface area contributed by atoms with Crippen LogP contribution in [0.25, 0.3) is 0 Å². The van der Waals surface area contributed by atoms with Crippen molar-refractivity contribution in [3.63, 3.8) is 0 Å². The molecular formula is C12H17BrN4O3. The first-order valence-electron chi connectivity index (χ1n) is 6.21. The molecule has 1 amide bonds. The lowest BCUT2D eigenvalue weighted by Gasteiger charge is -2.22. The summed E-state index contributed by atoms with van der Waals surface area (Å²) in [5.74, 6) is 0.962. The van der Waals surface area contributed by atoms with E-state index in [4.69, 9.17) is 9.84 Å². The Labute approximate surface area is 125 Å². The number of nitrogens with one attached hydrogen (secondary N) is 1. The Balaban J connectivity index is 2.32. The molecule has 2 rings (SSSR count). The van der Waals surface area contributed by atoms with Crippen molar-refractivity contribution in [1.82, 2.24) is 14.9 Å². The van der Waals surface area contributed by atoms with Crippen LogP contribution < -0.4 is 10.1 Å². The number of nitrogens with zero attached hydrogens (tertiary/aromatic N) is 3. The summed E-state index contributed by atoms with van der Waals surface area (Å²) < 4.78 is 6.04. The molecule has 0 saturated heterocycles. The number of rotatable bonds is 1. The third-order valence-corrected chi connectivity index (χ3v) is 3.15. The number of hydrogen-bond donors (Lipinski definition) is 2. The second-order valence-electron chi connectivity index (χ2n) is 5.54. The Hall–Kier alpha value is -1.57. The van der Waals surface area contributed by atoms with Gasteiger partial charge in [-0.3, -0.25) is 4.90 Å². The van der Waals surface area contributed by atoms with Crippen molar-refractivity contribution in [2.75, 3.05) is 18.5 Å². The van der Waals surface area contributed by atoms with E-state index in [2.05, 4.69) is 31.2 Å². The van der Waals surface area contributed by atoms with Crippen LogP contribution in [0.3, 0.4) is 0 Å². The standard InChI is InChI=1S/C12H17BrN4O3/c1-12(2,3)16-9-8(13)14-7-6-17(11(18)19)4-5-20-10(7)15-9/h4-6H2,1-3H3,(H,15,16)(H,18,19). The number of anilines is 1. The number of ether oxygens (including phenoxy) is 1. The topological polar surface area (TPSA) is 87.6 Å². The maximum Gasteiger partial charge on any atom is 0.407 e. The van der Waals surface area contributed by atoms with Gasteiger partial charge in [0.25, 0.3) is 0 Å². The third-order valence-electron chi connectivity index (χ3n) is 2.59. The van der Waals surface area contributed by atoms with E-state index < -0.39 is 6.09 Å². The van der Waals surface area contributed by atoms with Gasteiger partial charge in [0, 0.05) is 5.54 Å². The van der Waals surface area contributed by atoms with E-state index in [1.807, 2.05) is 20.8 Å². The normalized spacial score (nSPS) is 15.1. The molecule has 1 aliphatic heterocycles. The van der Waals surface area contributed by atoms with E-state index in [1.54, 1.807) is 0 Å². The zero-order valence-electron chi connectivity index (χ0n) is 11.6. The van der Waals surface area contributed by atoms with Crippen LogP contribution in [0.5, 0.6) is 5.88 Å². The molecule has 2 N–H and O–H groups in total. The van der Waals surface area contributed by atoms with Crippen molar-refractivity contribution >= 4 is 27.8 Å². The smallest absolute Gasteiger partial charge is 0.407 e. The summed E-state index contributed by atoms with van der Waals surface area (Å²) in [5.41, 5.74) is 0.347. The molecule has 2 heterocycles. The molecule has 0 aliphatic carbocycles. The maximum absolute atomic E-state index is 11.1. The van der Waals surface area contributed by atoms with Crippen molar-refractivity contribution in [1.29, 1.82) is 0 Å². The summed E-state index contributed by atoms with van der Waals surface area (Å²) in [4.78, 5) is 21.1. The van der Waals surface area contributed by atoms with Gasteiger partial charge < -0.3 is 15.2 Å². The highest BCUT2D eigenvalue weighted by Crippen LogP contribution is 2.28. The van der Waals surface area contributed by atoms with Gasteiger partial charge in [-0.25, -0.2) is 9.78 Å². The predicted octanol–water partition coefficient (Wildman–Crippen LogP) is 2.32. The van der Waals surface area contributed by atoms with Crippen LogP contribution in [0.2, 0.25) is 0 Å². The Morgan fingerprint density at radius 1 is 1.45 bits per heavy atom. The van der Waals surface area contributed by atoms with Crippen LogP contribution in [0.4, 0.5) is 10.6 Å². The Bertz CT molecular complexity index is 530. The lowest BCUT2D eigenvalue weighted by Crippen LogP contribution is -2.31. The Kier molecular flexibility index (Phi) is 4.03. The van der Waals surface area contributed by atoms with Crippen molar-refractivity contribution in [2.45, 2.75) is 32.9 Å². The zero-order valence-corrected chi connectivity index (χ0v) is 13.2. The number of amides is 1. The number of halogens is 1. The molecule has 0 spiro atoms. The van der Waals surface area contributed by atoms with E-state index in [9.17, 15) is 4.79 Å². The first kappa shape index (κ1) is 14.8. The van der Waals surface area contributed by atoms with Gasteiger partial charge in [-0.05, 0) is 36.7 Å². The van der Waals surface area contributed by atoms with Gasteiger partial charge in [-0.1, -0.05) is 0 Å². The molecule has 1 aromatic rings. The first-order chi connectivity index (χ1) is 9.26. The van der Waals surface area contributed by atoms with E-state index in [0.29, 0.717) is 28.5 Å². The molecule has 110 valence electrons. The van der Waals surface area contributed by atoms with Gasteiger partial charge in [0.1, 0.15) is 16.9 Å². The minimum absolute atomic E-state index is 0.163. The van der Waals surface area contributed by atoms with Gasteiger partial charge in [0.15, 0.2) is 5.82 Å². The van der Waals surface area contributed by atoms with Crippen molar-refractivity contribution in [3.8, 4) is 5.88 Å². The van der Waals surface area contributed by atoms with Crippen molar-refractivity contribution in [3.05, 3.63) is 10.3 Å². The largest absolute Gasteiger partial charge is 0.474 e. The summed E-state index contributed by atoms with van der Waals surface area (Å²) in [5, 5.41) is 12.3. The SMILES string of the molecule is CC(C)(C)Nc1nc2c(nc1Br)CN(C(=O)O)CCO2. The molecule has 1 aliphatic rings. The summed E-state index contributed by atoms with van der Waals surface area (Å²) in [6, 6.07) is 0. The van der Waals surface area contributed by atoms with Crippen LogP contribution in [-0.2, 0) is 6.54 Å². The van der Waals surface area contributed by atoms with Gasteiger partial charge in [-0.15, -0.1) is 0 Å². The van der Waals surface area contributed by atoms with Gasteiger partial charge in [-0.2, -0.15) is 4.98 Å². The number of carboxylic acid groups (broad SMARTS) is 1. The molecule has 0 aromatic carbocycles. The van der Waals surface area contributed by atoms with E-state index in [-0.39, 0.29) is 18.7 Å². The number of aromatic nitrogens is 2. The van der Waals surface area contributed by atoms with Crippen LogP contribution in [0.1, 0.15) is 26.5 Å². The lowest BCUT2D eigenvalue weighted by molar-refractivity contribution is 0.137. The first-order valence-corrected chi connectivity index (χ1v) is 7.01. The molecule has 0 radical (unpaired) electrons. The molecule has 0 atom stereocenters. The summed E-state index contributed by atoms with van der Waals surface area (Å²) in [6.07, 6.45) is -0.990. The molecule has 0 saturated carbocycles. The Morgan fingerprint density at radius 3 is 2.75 bits per heavy atom. The average Bonchev–Trinajstić information content (AvgIpc) is 2.50. The van der Waals surface area contributed by atoms with Crippen molar-refractivity contribution in [2.24, 2.45) is 0 Å². The minimum atomic E-state index is -0.990. The average molecular weight is 345 g/mol. The second kappa shape index (κ2) is 5.43. The molecule has 7 nitrogen and oxygen atoms in total. The second-order valence-corrected chi connectivity index (χ2v) is 6.29. The van der Waals surface area contributed by atoms with Gasteiger partial charge in [0.2, 0.25) is 5.88 Å². The highest BCUT2D eigenvalue weighted by Gasteiger charge is 2.24. The van der Waals surface area contributed by atoms with Crippen LogP contribution >= 0.6 is 15.9 Å². The molecule has 1 aromatic heterocycles. The maximum atomic E-state index is 11.1. The fourth-order valence-corrected chi connectivity index (χ4v) is 2.16. The van der Waals surface area contributed by atoms with Gasteiger partial charge >= 0.3 is 6.09 Å². The highest BCUT2D eigenvalue weighted by atomic mass is 79.9. The van der Waals surface area contributed by atoms with Crippen LogP contribution in [-0.4, -0.2) is 44.8 Å². The van der Waals surface area contributed by atoms with Crippen LogP contribution in [0.15, 0.2) is 4.60 Å². The molecule has 0 bridgehead atoms. The van der Waals surface area contributed by atoms with E-state index in [0.717, 1.165) is 0 Å². The third kappa shape index (κ3) is 3.50. The monoisotopic (exact) mass is 344 g/mol. The zero-order chi connectivity index (χ0) is 14.9. The summed E-state index contributed by atoms with van der Waals surface area (Å²) in [7, 11) is 0. The lowest BCUT2D eigenvalue weighted by atomic mass is 10.1. The minimum Gasteiger partial charge on any atom is -0.474 e. The van der Waals surface area contributed by atoms with Crippen molar-refractivity contribution < 1.29 is 14.6 Å². The fourth-order valence-electron chi connectivity index (χ4n) is 1.76. The highest BCUT2D eigenvalue weighted by molar-refractivity contribution is 9.10.